The molecule has 38 heavy (non-hydrogen) atoms. The summed E-state index contributed by atoms with van der Waals surface area (Å²) < 4.78 is 17.1. The van der Waals surface area contributed by atoms with Crippen LogP contribution in [0.4, 0.5) is 16.6 Å². The highest BCUT2D eigenvalue weighted by molar-refractivity contribution is 5.93. The molecule has 206 valence electrons. The average molecular weight is 526 g/mol. The van der Waals surface area contributed by atoms with E-state index < -0.39 is 0 Å². The number of carbonyl (C=O) groups is 1. The quantitative estimate of drug-likeness (QED) is 0.423. The fourth-order valence-electron chi connectivity index (χ4n) is 5.88. The van der Waals surface area contributed by atoms with Crippen LogP contribution in [-0.2, 0) is 14.2 Å². The summed E-state index contributed by atoms with van der Waals surface area (Å²) >= 11 is 0. The van der Waals surface area contributed by atoms with Gasteiger partial charge in [-0.3, -0.25) is 0 Å². The monoisotopic (exact) mass is 525 g/mol. The molecule has 3 atom stereocenters. The van der Waals surface area contributed by atoms with Gasteiger partial charge in [0.05, 0.1) is 19.8 Å². The Morgan fingerprint density at radius 3 is 2.55 bits per heavy atom. The van der Waals surface area contributed by atoms with E-state index in [1.54, 1.807) is 19.1 Å². The molecule has 1 aromatic rings. The Hall–Kier alpha value is -3.34. The molecule has 3 saturated heterocycles. The number of carbonyl (C=O) groups excluding carboxylic acids is 1. The summed E-state index contributed by atoms with van der Waals surface area (Å²) in [6, 6.07) is 2.23. The van der Waals surface area contributed by atoms with Crippen molar-refractivity contribution in [2.24, 2.45) is 16.5 Å². The summed E-state index contributed by atoms with van der Waals surface area (Å²) in [5, 5.41) is 0. The smallest absolute Gasteiger partial charge is 0.410 e. The van der Waals surface area contributed by atoms with Crippen LogP contribution >= 0.6 is 0 Å². The van der Waals surface area contributed by atoms with Crippen molar-refractivity contribution in [3.63, 3.8) is 0 Å². The molecule has 2 bridgehead atoms. The van der Waals surface area contributed by atoms with Crippen LogP contribution in [0, 0.1) is 0 Å². The first-order chi connectivity index (χ1) is 18.4. The third-order valence-electron chi connectivity index (χ3n) is 7.74. The zero-order valence-electron chi connectivity index (χ0n) is 22.3. The first-order valence-corrected chi connectivity index (χ1v) is 13.7. The van der Waals surface area contributed by atoms with Crippen molar-refractivity contribution >= 4 is 29.5 Å². The third-order valence-corrected chi connectivity index (χ3v) is 7.74. The predicted molar refractivity (Wildman–Crippen MR) is 145 cm³/mol. The molecule has 1 aromatic heterocycles. The lowest BCUT2D eigenvalue weighted by molar-refractivity contribution is -0.0344. The Balaban J connectivity index is 1.35. The third kappa shape index (κ3) is 6.03. The lowest BCUT2D eigenvalue weighted by atomic mass is 9.81. The van der Waals surface area contributed by atoms with E-state index in [9.17, 15) is 4.79 Å². The molecular formula is C27H39N7O4. The number of aliphatic imine (C=N–C) groups is 1. The molecule has 5 heterocycles. The van der Waals surface area contributed by atoms with Gasteiger partial charge in [-0.05, 0) is 51.2 Å². The van der Waals surface area contributed by atoms with Gasteiger partial charge in [-0.2, -0.15) is 4.98 Å². The van der Waals surface area contributed by atoms with E-state index in [0.29, 0.717) is 43.0 Å². The molecule has 5 rings (SSSR count). The Morgan fingerprint density at radius 1 is 1.16 bits per heavy atom. The van der Waals surface area contributed by atoms with Crippen molar-refractivity contribution in [1.29, 1.82) is 0 Å². The molecule has 0 radical (unpaired) electrons. The van der Waals surface area contributed by atoms with E-state index in [1.165, 1.54) is 0 Å². The molecule has 0 aliphatic carbocycles. The molecule has 3 fully saturated rings. The number of ether oxygens (including phenoxy) is 3. The van der Waals surface area contributed by atoms with Gasteiger partial charge in [-0.15, -0.1) is 0 Å². The Morgan fingerprint density at radius 2 is 1.89 bits per heavy atom. The summed E-state index contributed by atoms with van der Waals surface area (Å²) in [7, 11) is 2.01. The van der Waals surface area contributed by atoms with Crippen LogP contribution in [0.3, 0.4) is 0 Å². The van der Waals surface area contributed by atoms with Crippen LogP contribution in [0.5, 0.6) is 0 Å². The van der Waals surface area contributed by atoms with E-state index in [1.807, 2.05) is 18.0 Å². The van der Waals surface area contributed by atoms with Crippen LogP contribution in [-0.4, -0.2) is 77.9 Å². The van der Waals surface area contributed by atoms with Crippen LogP contribution < -0.4 is 16.4 Å². The van der Waals surface area contributed by atoms with Crippen molar-refractivity contribution < 1.29 is 19.0 Å². The maximum atomic E-state index is 13.2. The lowest BCUT2D eigenvalue weighted by Crippen LogP contribution is -2.59. The number of amidine groups is 1. The van der Waals surface area contributed by atoms with Crippen molar-refractivity contribution in [3.05, 3.63) is 29.6 Å². The molecule has 11 heteroatoms. The highest BCUT2D eigenvalue weighted by Crippen LogP contribution is 2.38. The number of piperidine rings is 2. The number of aromatic nitrogens is 2. The van der Waals surface area contributed by atoms with Crippen molar-refractivity contribution in [2.75, 3.05) is 31.8 Å². The molecular weight excluding hydrogens is 486 g/mol. The molecule has 4 aliphatic heterocycles. The minimum atomic E-state index is -0.174. The highest BCUT2D eigenvalue weighted by atomic mass is 16.6. The molecule has 1 unspecified atom stereocenters. The SMILES string of the molecule is C/C(N)=C/C(N)=Nc1cc(C2=CCCO2)nc(N(C)C2C[C@H]3CCC[C@@H](C2)N3C(=O)OC2CCOCC2)n1. The standard InChI is InChI=1S/C27H39N7O4/c1-17(28)13-24(29)31-25-16-22(23-7-4-10-37-23)30-26(32-25)33(2)20-14-18-5-3-6-19(15-20)34(18)27(35)38-21-8-11-36-12-9-21/h7,13,16,18-21H,3-6,8-12,14-15,28H2,1-2H3,(H2,29,30,31,32)/b17-13-/t18-,19+,20?. The first kappa shape index (κ1) is 26.3. The number of hydrogen-bond donors (Lipinski definition) is 2. The maximum absolute atomic E-state index is 13.2. The van der Waals surface area contributed by atoms with Gasteiger partial charge in [-0.1, -0.05) is 0 Å². The van der Waals surface area contributed by atoms with Crippen LogP contribution in [0.2, 0.25) is 0 Å². The van der Waals surface area contributed by atoms with Gasteiger partial charge in [0.15, 0.2) is 5.82 Å². The molecule has 1 amide bonds. The van der Waals surface area contributed by atoms with Gasteiger partial charge in [0, 0.05) is 56.2 Å². The second-order valence-electron chi connectivity index (χ2n) is 10.6. The number of amides is 1. The number of hydrogen-bond acceptors (Lipinski definition) is 9. The molecule has 11 nitrogen and oxygen atoms in total. The molecule has 0 aromatic carbocycles. The number of nitrogens with zero attached hydrogens (tertiary/aromatic N) is 5. The highest BCUT2D eigenvalue weighted by Gasteiger charge is 2.43. The minimum absolute atomic E-state index is 0.0510. The molecule has 0 spiro atoms. The normalized spacial score (nSPS) is 26.5. The summed E-state index contributed by atoms with van der Waals surface area (Å²) in [5.41, 5.74) is 13.1. The topological polar surface area (TPSA) is 141 Å². The van der Waals surface area contributed by atoms with Crippen LogP contribution in [0.1, 0.15) is 64.0 Å². The molecule has 4 N–H and O–H groups in total. The van der Waals surface area contributed by atoms with Gasteiger partial charge < -0.3 is 35.5 Å². The Labute approximate surface area is 223 Å². The average Bonchev–Trinajstić information content (AvgIpc) is 3.42. The summed E-state index contributed by atoms with van der Waals surface area (Å²) in [5.74, 6) is 2.00. The van der Waals surface area contributed by atoms with E-state index in [4.69, 9.17) is 35.6 Å². The van der Waals surface area contributed by atoms with Gasteiger partial charge in [-0.25, -0.2) is 14.8 Å². The fourth-order valence-corrected chi connectivity index (χ4v) is 5.88. The Bertz CT molecular complexity index is 1100. The fraction of sp³-hybridized carbons (Fsp3) is 0.630. The number of rotatable bonds is 6. The van der Waals surface area contributed by atoms with Crippen molar-refractivity contribution in [3.8, 4) is 0 Å². The molecule has 0 saturated carbocycles. The number of fused-ring (bicyclic) bond motifs is 2. The van der Waals surface area contributed by atoms with Crippen molar-refractivity contribution in [1.82, 2.24) is 14.9 Å². The number of allylic oxidation sites excluding steroid dienone is 1. The lowest BCUT2D eigenvalue weighted by Gasteiger charge is -2.50. The zero-order valence-corrected chi connectivity index (χ0v) is 22.3. The summed E-state index contributed by atoms with van der Waals surface area (Å²) in [6.07, 6.45) is 10.5. The number of anilines is 1. The van der Waals surface area contributed by atoms with E-state index in [0.717, 1.165) is 57.1 Å². The van der Waals surface area contributed by atoms with E-state index in [-0.39, 0.29) is 36.2 Å². The zero-order chi connectivity index (χ0) is 26.6. The van der Waals surface area contributed by atoms with Gasteiger partial charge >= 0.3 is 6.09 Å². The van der Waals surface area contributed by atoms with E-state index in [2.05, 4.69) is 9.89 Å². The predicted octanol–water partition coefficient (Wildman–Crippen LogP) is 3.23. The van der Waals surface area contributed by atoms with Crippen LogP contribution in [0.15, 0.2) is 28.9 Å². The van der Waals surface area contributed by atoms with Gasteiger partial charge in [0.25, 0.3) is 0 Å². The Kier molecular flexibility index (Phi) is 8.01. The first-order valence-electron chi connectivity index (χ1n) is 13.7. The van der Waals surface area contributed by atoms with Gasteiger partial charge in [0.2, 0.25) is 5.95 Å². The second kappa shape index (κ2) is 11.6. The summed E-state index contributed by atoms with van der Waals surface area (Å²) in [6.45, 7) is 3.69. The largest absolute Gasteiger partial charge is 0.491 e. The van der Waals surface area contributed by atoms with Gasteiger partial charge in [0.1, 0.15) is 23.4 Å². The maximum Gasteiger partial charge on any atom is 0.410 e. The van der Waals surface area contributed by atoms with E-state index >= 15 is 0 Å². The van der Waals surface area contributed by atoms with Crippen LogP contribution in [0.25, 0.3) is 5.76 Å². The second-order valence-corrected chi connectivity index (χ2v) is 10.6. The van der Waals surface area contributed by atoms with Crippen molar-refractivity contribution in [2.45, 2.75) is 82.5 Å². The number of nitrogens with two attached hydrogens (primary N) is 2. The molecule has 4 aliphatic rings. The summed E-state index contributed by atoms with van der Waals surface area (Å²) in [4.78, 5) is 31.4. The minimum Gasteiger partial charge on any atom is -0.491 e.